The molecule has 25 heavy (non-hydrogen) atoms. The molecule has 9 nitrogen and oxygen atoms in total. The molecule has 0 aliphatic heterocycles. The van der Waals surface area contributed by atoms with Crippen LogP contribution in [0.15, 0.2) is 24.3 Å². The van der Waals surface area contributed by atoms with E-state index in [-0.39, 0.29) is 11.8 Å². The van der Waals surface area contributed by atoms with Gasteiger partial charge in [-0.15, -0.1) is 5.10 Å². The maximum atomic E-state index is 11.5. The number of H-pyrrole nitrogens is 1. The number of fused-ring (bicyclic) bond motifs is 1. The second-order valence-electron chi connectivity index (χ2n) is 5.86. The van der Waals surface area contributed by atoms with Crippen LogP contribution < -0.4 is 16.4 Å². The Labute approximate surface area is 144 Å². The monoisotopic (exact) mass is 340 g/mol. The van der Waals surface area contributed by atoms with Crippen LogP contribution in [-0.2, 0) is 6.54 Å². The molecule has 2 aromatic heterocycles. The van der Waals surface area contributed by atoms with Gasteiger partial charge in [0.05, 0.1) is 0 Å². The van der Waals surface area contributed by atoms with E-state index in [9.17, 15) is 4.79 Å². The summed E-state index contributed by atoms with van der Waals surface area (Å²) in [6.45, 7) is 4.48. The summed E-state index contributed by atoms with van der Waals surface area (Å²) < 4.78 is 0. The van der Waals surface area contributed by atoms with Crippen LogP contribution in [0.1, 0.15) is 29.8 Å². The van der Waals surface area contributed by atoms with E-state index >= 15 is 0 Å². The van der Waals surface area contributed by atoms with E-state index < -0.39 is 0 Å². The van der Waals surface area contributed by atoms with Gasteiger partial charge in [-0.1, -0.05) is 18.2 Å². The fraction of sp³-hybridized carbons (Fsp3) is 0.312. The number of nitrogens with two attached hydrogens (primary N) is 1. The van der Waals surface area contributed by atoms with Crippen molar-refractivity contribution in [3.05, 3.63) is 35.4 Å². The van der Waals surface area contributed by atoms with E-state index in [0.29, 0.717) is 41.6 Å². The number of aromatic nitrogens is 5. The molecular weight excluding hydrogens is 320 g/mol. The van der Waals surface area contributed by atoms with E-state index in [1.54, 1.807) is 13.0 Å². The summed E-state index contributed by atoms with van der Waals surface area (Å²) in [6.07, 6.45) is 0. The number of nitrogens with one attached hydrogen (secondary N) is 3. The lowest BCUT2D eigenvalue weighted by molar-refractivity contribution is 0.101. The van der Waals surface area contributed by atoms with E-state index in [4.69, 9.17) is 5.73 Å². The number of anilines is 2. The molecule has 0 aliphatic rings. The molecule has 1 aromatic carbocycles. The number of nitrogens with zero attached hydrogens (tertiary/aromatic N) is 4. The van der Waals surface area contributed by atoms with Gasteiger partial charge in [0.2, 0.25) is 11.6 Å². The van der Waals surface area contributed by atoms with Crippen LogP contribution in [-0.4, -0.2) is 43.7 Å². The van der Waals surface area contributed by atoms with Gasteiger partial charge in [0.1, 0.15) is 0 Å². The number of Topliss-reactive ketones (excluding diaryl/α,β-unsaturated/α-hetero) is 1. The van der Waals surface area contributed by atoms with Crippen molar-refractivity contribution < 1.29 is 4.79 Å². The molecule has 0 spiro atoms. The number of hydrogen-bond acceptors (Lipinski definition) is 8. The lowest BCUT2D eigenvalue weighted by atomic mass is 10.1. The summed E-state index contributed by atoms with van der Waals surface area (Å²) in [4.78, 5) is 20.2. The molecule has 1 atom stereocenters. The van der Waals surface area contributed by atoms with Crippen LogP contribution in [0.25, 0.3) is 11.2 Å². The second-order valence-corrected chi connectivity index (χ2v) is 5.86. The minimum Gasteiger partial charge on any atom is -0.364 e. The highest BCUT2D eigenvalue weighted by molar-refractivity contribution is 5.94. The molecule has 0 saturated heterocycles. The Morgan fingerprint density at radius 3 is 2.88 bits per heavy atom. The molecule has 5 N–H and O–H groups in total. The number of rotatable bonds is 7. The Bertz CT molecular complexity index is 889. The van der Waals surface area contributed by atoms with Crippen molar-refractivity contribution in [3.63, 3.8) is 0 Å². The minimum atomic E-state index is -0.0256. The van der Waals surface area contributed by atoms with Crippen LogP contribution in [0.4, 0.5) is 11.8 Å². The van der Waals surface area contributed by atoms with Gasteiger partial charge in [0.15, 0.2) is 17.1 Å². The van der Waals surface area contributed by atoms with Gasteiger partial charge >= 0.3 is 0 Å². The smallest absolute Gasteiger partial charge is 0.226 e. The predicted octanol–water partition coefficient (Wildman–Crippen LogP) is 1.32. The van der Waals surface area contributed by atoms with Crippen molar-refractivity contribution in [1.82, 2.24) is 25.4 Å². The number of carbonyl (C=O) groups is 1. The van der Waals surface area contributed by atoms with Crippen LogP contribution >= 0.6 is 0 Å². The van der Waals surface area contributed by atoms with Crippen LogP contribution in [0.5, 0.6) is 0 Å². The van der Waals surface area contributed by atoms with E-state index in [1.165, 1.54) is 0 Å². The predicted molar refractivity (Wildman–Crippen MR) is 95.4 cm³/mol. The van der Waals surface area contributed by atoms with Crippen molar-refractivity contribution >= 4 is 28.7 Å². The highest BCUT2D eigenvalue weighted by atomic mass is 16.1. The maximum Gasteiger partial charge on any atom is 0.226 e. The Morgan fingerprint density at radius 2 is 2.12 bits per heavy atom. The van der Waals surface area contributed by atoms with Crippen LogP contribution in [0.3, 0.4) is 0 Å². The molecule has 0 saturated carbocycles. The number of ketones is 1. The second kappa shape index (κ2) is 7.22. The average molecular weight is 340 g/mol. The lowest BCUT2D eigenvalue weighted by Gasteiger charge is -2.10. The largest absolute Gasteiger partial charge is 0.364 e. The standard InChI is InChI=1S/C16H20N8O/c1-9(17)7-19-16-20-14(13-15(21-16)23-24-22-13)18-8-11-4-3-5-12(6-11)10(2)25/h3-6,9H,7-8,17H2,1-2H3,(H3,18,19,20,21,22,23,24). The Balaban J connectivity index is 1.81. The van der Waals surface area contributed by atoms with Crippen LogP contribution in [0.2, 0.25) is 0 Å². The third-order valence-electron chi connectivity index (χ3n) is 3.56. The molecule has 130 valence electrons. The van der Waals surface area contributed by atoms with E-state index in [0.717, 1.165) is 5.56 Å². The topological polar surface area (TPSA) is 134 Å². The Hall–Kier alpha value is -3.07. The van der Waals surface area contributed by atoms with E-state index in [2.05, 4.69) is 36.0 Å². The quantitative estimate of drug-likeness (QED) is 0.473. The molecule has 0 bridgehead atoms. The zero-order chi connectivity index (χ0) is 17.8. The molecule has 0 aliphatic carbocycles. The first-order valence-corrected chi connectivity index (χ1v) is 7.94. The summed E-state index contributed by atoms with van der Waals surface area (Å²) in [5.41, 5.74) is 8.40. The van der Waals surface area contributed by atoms with Gasteiger partial charge in [0.25, 0.3) is 0 Å². The van der Waals surface area contributed by atoms with Crippen molar-refractivity contribution in [2.75, 3.05) is 17.2 Å². The third kappa shape index (κ3) is 4.07. The summed E-state index contributed by atoms with van der Waals surface area (Å²) in [5, 5.41) is 17.0. The maximum absolute atomic E-state index is 11.5. The zero-order valence-electron chi connectivity index (χ0n) is 14.1. The summed E-state index contributed by atoms with van der Waals surface area (Å²) in [7, 11) is 0. The molecule has 2 heterocycles. The number of aromatic amines is 1. The van der Waals surface area contributed by atoms with Crippen molar-refractivity contribution in [3.8, 4) is 0 Å². The fourth-order valence-electron chi connectivity index (χ4n) is 2.29. The fourth-order valence-corrected chi connectivity index (χ4v) is 2.29. The Kier molecular flexibility index (Phi) is 4.85. The highest BCUT2D eigenvalue weighted by Gasteiger charge is 2.12. The minimum absolute atomic E-state index is 0.0256. The SMILES string of the molecule is CC(=O)c1cccc(CNc2nc(NCC(C)N)nc3n[nH]nc23)c1. The van der Waals surface area contributed by atoms with Gasteiger partial charge in [-0.3, -0.25) is 4.79 Å². The normalized spacial score (nSPS) is 12.1. The van der Waals surface area contributed by atoms with Gasteiger partial charge in [-0.2, -0.15) is 20.3 Å². The Morgan fingerprint density at radius 1 is 1.28 bits per heavy atom. The molecule has 0 radical (unpaired) electrons. The van der Waals surface area contributed by atoms with Gasteiger partial charge in [-0.25, -0.2) is 0 Å². The third-order valence-corrected chi connectivity index (χ3v) is 3.56. The van der Waals surface area contributed by atoms with Gasteiger partial charge in [0, 0.05) is 24.7 Å². The number of benzene rings is 1. The lowest BCUT2D eigenvalue weighted by Crippen LogP contribution is -2.26. The summed E-state index contributed by atoms with van der Waals surface area (Å²) in [5.74, 6) is 1.02. The van der Waals surface area contributed by atoms with Crippen molar-refractivity contribution in [2.45, 2.75) is 26.4 Å². The molecule has 0 fully saturated rings. The number of hydrogen-bond donors (Lipinski definition) is 4. The van der Waals surface area contributed by atoms with E-state index in [1.807, 2.05) is 25.1 Å². The summed E-state index contributed by atoms with van der Waals surface area (Å²) >= 11 is 0. The average Bonchev–Trinajstić information content (AvgIpc) is 3.06. The van der Waals surface area contributed by atoms with Crippen molar-refractivity contribution in [2.24, 2.45) is 5.73 Å². The first-order chi connectivity index (χ1) is 12.0. The molecule has 3 aromatic rings. The first-order valence-electron chi connectivity index (χ1n) is 7.94. The summed E-state index contributed by atoms with van der Waals surface area (Å²) in [6, 6.07) is 7.42. The molecule has 9 heteroatoms. The number of carbonyl (C=O) groups excluding carboxylic acids is 1. The van der Waals surface area contributed by atoms with Gasteiger partial charge < -0.3 is 16.4 Å². The molecule has 1 unspecified atom stereocenters. The van der Waals surface area contributed by atoms with Crippen molar-refractivity contribution in [1.29, 1.82) is 0 Å². The van der Waals surface area contributed by atoms with Crippen LogP contribution in [0, 0.1) is 0 Å². The molecular formula is C16H20N8O. The molecule has 3 rings (SSSR count). The first kappa shape index (κ1) is 16.8. The molecule has 0 amide bonds. The van der Waals surface area contributed by atoms with Gasteiger partial charge in [-0.05, 0) is 25.5 Å². The highest BCUT2D eigenvalue weighted by Crippen LogP contribution is 2.19. The zero-order valence-corrected chi connectivity index (χ0v) is 14.1.